The molecule has 2 rings (SSSR count). The summed E-state index contributed by atoms with van der Waals surface area (Å²) in [6.07, 6.45) is 0.482. The Bertz CT molecular complexity index is 701. The van der Waals surface area contributed by atoms with Gasteiger partial charge in [0.1, 0.15) is 0 Å². The second-order valence-corrected chi connectivity index (χ2v) is 6.98. The SMILES string of the molecule is COc1ccc(C(C)NC(=O)CCSc2ccc(C)cc2)cc1OC. The monoisotopic (exact) mass is 359 g/mol. The molecule has 1 N–H and O–H groups in total. The quantitative estimate of drug-likeness (QED) is 0.711. The lowest BCUT2D eigenvalue weighted by atomic mass is 10.1. The van der Waals surface area contributed by atoms with Gasteiger partial charge in [0.15, 0.2) is 11.5 Å². The van der Waals surface area contributed by atoms with Gasteiger partial charge in [-0.15, -0.1) is 11.8 Å². The molecule has 1 unspecified atom stereocenters. The van der Waals surface area contributed by atoms with E-state index in [2.05, 4.69) is 36.5 Å². The molecular formula is C20H25NO3S. The lowest BCUT2D eigenvalue weighted by Gasteiger charge is -2.16. The van der Waals surface area contributed by atoms with Crippen LogP contribution in [-0.2, 0) is 4.79 Å². The Morgan fingerprint density at radius 3 is 2.40 bits per heavy atom. The minimum Gasteiger partial charge on any atom is -0.493 e. The third kappa shape index (κ3) is 5.71. The molecule has 0 saturated heterocycles. The highest BCUT2D eigenvalue weighted by molar-refractivity contribution is 7.99. The number of carbonyl (C=O) groups excluding carboxylic acids is 1. The minimum atomic E-state index is -0.0864. The van der Waals surface area contributed by atoms with Crippen LogP contribution in [0.1, 0.15) is 30.5 Å². The number of amides is 1. The number of methoxy groups -OCH3 is 2. The minimum absolute atomic E-state index is 0.0434. The van der Waals surface area contributed by atoms with Crippen LogP contribution < -0.4 is 14.8 Å². The molecule has 0 saturated carbocycles. The van der Waals surface area contributed by atoms with Crippen molar-refractivity contribution in [3.05, 3.63) is 53.6 Å². The molecule has 2 aromatic rings. The number of ether oxygens (including phenoxy) is 2. The molecule has 0 aliphatic rings. The van der Waals surface area contributed by atoms with Gasteiger partial charge in [0, 0.05) is 17.1 Å². The molecule has 1 atom stereocenters. The van der Waals surface area contributed by atoms with Crippen molar-refractivity contribution >= 4 is 17.7 Å². The van der Waals surface area contributed by atoms with Crippen molar-refractivity contribution in [3.63, 3.8) is 0 Å². The summed E-state index contributed by atoms with van der Waals surface area (Å²) in [7, 11) is 3.21. The van der Waals surface area contributed by atoms with Crippen molar-refractivity contribution in [2.24, 2.45) is 0 Å². The average Bonchev–Trinajstić information content (AvgIpc) is 2.62. The van der Waals surface area contributed by atoms with Gasteiger partial charge in [-0.25, -0.2) is 0 Å². The van der Waals surface area contributed by atoms with E-state index in [1.54, 1.807) is 26.0 Å². The summed E-state index contributed by atoms with van der Waals surface area (Å²) in [5.74, 6) is 2.14. The van der Waals surface area contributed by atoms with Crippen LogP contribution in [0.4, 0.5) is 0 Å². The van der Waals surface area contributed by atoms with Crippen LogP contribution in [-0.4, -0.2) is 25.9 Å². The second-order valence-electron chi connectivity index (χ2n) is 5.82. The molecule has 0 radical (unpaired) electrons. The van der Waals surface area contributed by atoms with Gasteiger partial charge in [-0.2, -0.15) is 0 Å². The van der Waals surface area contributed by atoms with Gasteiger partial charge in [0.25, 0.3) is 0 Å². The second kappa shape index (κ2) is 9.37. The number of hydrogen-bond acceptors (Lipinski definition) is 4. The maximum atomic E-state index is 12.2. The summed E-state index contributed by atoms with van der Waals surface area (Å²) in [5.41, 5.74) is 2.23. The van der Waals surface area contributed by atoms with E-state index in [-0.39, 0.29) is 11.9 Å². The van der Waals surface area contributed by atoms with E-state index in [1.807, 2.05) is 25.1 Å². The van der Waals surface area contributed by atoms with Crippen molar-refractivity contribution in [3.8, 4) is 11.5 Å². The van der Waals surface area contributed by atoms with E-state index in [0.717, 1.165) is 11.3 Å². The van der Waals surface area contributed by atoms with Crippen LogP contribution in [0.15, 0.2) is 47.4 Å². The van der Waals surface area contributed by atoms with E-state index in [0.29, 0.717) is 17.9 Å². The molecule has 0 spiro atoms. The number of carbonyl (C=O) groups is 1. The lowest BCUT2D eigenvalue weighted by molar-refractivity contribution is -0.121. The molecule has 2 aromatic carbocycles. The predicted octanol–water partition coefficient (Wildman–Crippen LogP) is 4.37. The first kappa shape index (κ1) is 19.2. The van der Waals surface area contributed by atoms with Crippen LogP contribution in [0.5, 0.6) is 11.5 Å². The summed E-state index contributed by atoms with van der Waals surface area (Å²) in [4.78, 5) is 13.4. The largest absolute Gasteiger partial charge is 0.493 e. The zero-order valence-electron chi connectivity index (χ0n) is 15.2. The first-order chi connectivity index (χ1) is 12.0. The lowest BCUT2D eigenvalue weighted by Crippen LogP contribution is -2.26. The molecule has 25 heavy (non-hydrogen) atoms. The third-order valence-corrected chi connectivity index (χ3v) is 4.92. The van der Waals surface area contributed by atoms with Gasteiger partial charge in [-0.3, -0.25) is 4.79 Å². The zero-order chi connectivity index (χ0) is 18.2. The molecule has 0 aliphatic heterocycles. The fourth-order valence-corrected chi connectivity index (χ4v) is 3.27. The molecule has 4 nitrogen and oxygen atoms in total. The van der Waals surface area contributed by atoms with Crippen molar-refractivity contribution < 1.29 is 14.3 Å². The molecule has 1 amide bonds. The summed E-state index contributed by atoms with van der Waals surface area (Å²) in [5, 5.41) is 3.03. The molecule has 0 aliphatic carbocycles. The Morgan fingerprint density at radius 1 is 1.08 bits per heavy atom. The third-order valence-electron chi connectivity index (χ3n) is 3.90. The van der Waals surface area contributed by atoms with E-state index in [1.165, 1.54) is 10.5 Å². The predicted molar refractivity (Wildman–Crippen MR) is 103 cm³/mol. The highest BCUT2D eigenvalue weighted by atomic mass is 32.2. The van der Waals surface area contributed by atoms with Crippen LogP contribution >= 0.6 is 11.8 Å². The smallest absolute Gasteiger partial charge is 0.221 e. The van der Waals surface area contributed by atoms with Crippen molar-refractivity contribution in [1.29, 1.82) is 0 Å². The number of aryl methyl sites for hydroxylation is 1. The van der Waals surface area contributed by atoms with Crippen molar-refractivity contribution in [1.82, 2.24) is 5.32 Å². The normalized spacial score (nSPS) is 11.7. The summed E-state index contributed by atoms with van der Waals surface area (Å²) >= 11 is 1.69. The standard InChI is InChI=1S/C20H25NO3S/c1-14-5-8-17(9-6-14)25-12-11-20(22)21-15(2)16-7-10-18(23-3)19(13-16)24-4/h5-10,13,15H,11-12H2,1-4H3,(H,21,22). The topological polar surface area (TPSA) is 47.6 Å². The highest BCUT2D eigenvalue weighted by Gasteiger charge is 2.12. The molecule has 0 heterocycles. The molecule has 0 fully saturated rings. The first-order valence-corrected chi connectivity index (χ1v) is 9.22. The molecular weight excluding hydrogens is 334 g/mol. The number of thioether (sulfide) groups is 1. The van der Waals surface area contributed by atoms with E-state index in [9.17, 15) is 4.79 Å². The molecule has 0 bridgehead atoms. The number of hydrogen-bond donors (Lipinski definition) is 1. The number of rotatable bonds is 8. The fraction of sp³-hybridized carbons (Fsp3) is 0.350. The van der Waals surface area contributed by atoms with E-state index >= 15 is 0 Å². The van der Waals surface area contributed by atoms with Gasteiger partial charge in [-0.05, 0) is 43.7 Å². The Morgan fingerprint density at radius 2 is 1.76 bits per heavy atom. The maximum Gasteiger partial charge on any atom is 0.221 e. The maximum absolute atomic E-state index is 12.2. The van der Waals surface area contributed by atoms with Gasteiger partial charge >= 0.3 is 0 Å². The first-order valence-electron chi connectivity index (χ1n) is 8.24. The summed E-state index contributed by atoms with van der Waals surface area (Å²) < 4.78 is 10.6. The van der Waals surface area contributed by atoms with Gasteiger partial charge in [0.2, 0.25) is 5.91 Å². The average molecular weight is 359 g/mol. The van der Waals surface area contributed by atoms with Crippen LogP contribution in [0.2, 0.25) is 0 Å². The van der Waals surface area contributed by atoms with Crippen LogP contribution in [0.25, 0.3) is 0 Å². The van der Waals surface area contributed by atoms with Gasteiger partial charge < -0.3 is 14.8 Å². The van der Waals surface area contributed by atoms with Gasteiger partial charge in [0.05, 0.1) is 20.3 Å². The molecule has 5 heteroatoms. The Labute approximate surface area is 153 Å². The van der Waals surface area contributed by atoms with Crippen molar-refractivity contribution in [2.45, 2.75) is 31.2 Å². The van der Waals surface area contributed by atoms with Crippen molar-refractivity contribution in [2.75, 3.05) is 20.0 Å². The Kier molecular flexibility index (Phi) is 7.19. The molecule has 134 valence electrons. The Hall–Kier alpha value is -2.14. The number of benzene rings is 2. The fourth-order valence-electron chi connectivity index (χ4n) is 2.42. The zero-order valence-corrected chi connectivity index (χ0v) is 16.0. The Balaban J connectivity index is 1.84. The highest BCUT2D eigenvalue weighted by Crippen LogP contribution is 2.30. The van der Waals surface area contributed by atoms with E-state index < -0.39 is 0 Å². The summed E-state index contributed by atoms with van der Waals surface area (Å²) in [6.45, 7) is 4.03. The van der Waals surface area contributed by atoms with E-state index in [4.69, 9.17) is 9.47 Å². The van der Waals surface area contributed by atoms with Gasteiger partial charge in [-0.1, -0.05) is 23.8 Å². The number of nitrogens with one attached hydrogen (secondary N) is 1. The van der Waals surface area contributed by atoms with Crippen LogP contribution in [0.3, 0.4) is 0 Å². The molecule has 0 aromatic heterocycles. The van der Waals surface area contributed by atoms with Crippen LogP contribution in [0, 0.1) is 6.92 Å². The summed E-state index contributed by atoms with van der Waals surface area (Å²) in [6, 6.07) is 13.9.